The third-order valence-corrected chi connectivity index (χ3v) is 6.29. The number of aryl methyl sites for hydroxylation is 1. The maximum Gasteiger partial charge on any atom is 0.226 e. The van der Waals surface area contributed by atoms with Crippen LogP contribution in [0.15, 0.2) is 42.5 Å². The van der Waals surface area contributed by atoms with E-state index in [4.69, 9.17) is 16.3 Å². The van der Waals surface area contributed by atoms with Crippen molar-refractivity contribution >= 4 is 17.5 Å². The molecule has 2 aromatic rings. The van der Waals surface area contributed by atoms with Crippen LogP contribution in [0.4, 0.5) is 4.39 Å². The van der Waals surface area contributed by atoms with Gasteiger partial charge in [-0.1, -0.05) is 35.9 Å². The zero-order valence-corrected chi connectivity index (χ0v) is 16.9. The van der Waals surface area contributed by atoms with E-state index in [1.807, 2.05) is 31.2 Å². The van der Waals surface area contributed by atoms with Gasteiger partial charge in [-0.2, -0.15) is 0 Å². The lowest BCUT2D eigenvalue weighted by atomic mass is 9.39. The highest BCUT2D eigenvalue weighted by atomic mass is 35.5. The number of amides is 1. The molecule has 3 aliphatic carbocycles. The Morgan fingerprint density at radius 3 is 2.69 bits per heavy atom. The Bertz CT molecular complexity index is 916. The van der Waals surface area contributed by atoms with Crippen LogP contribution >= 0.6 is 11.6 Å². The first-order valence-corrected chi connectivity index (χ1v) is 10.1. The summed E-state index contributed by atoms with van der Waals surface area (Å²) >= 11 is 5.64. The number of aliphatic hydroxyl groups is 1. The Kier molecular flexibility index (Phi) is 5.27. The summed E-state index contributed by atoms with van der Waals surface area (Å²) < 4.78 is 18.8. The summed E-state index contributed by atoms with van der Waals surface area (Å²) in [5.74, 6) is -0.186. The van der Waals surface area contributed by atoms with Gasteiger partial charge in [0, 0.05) is 18.2 Å². The third-order valence-electron chi connectivity index (χ3n) is 5.98. The number of carbonyl (C=O) groups excluding carboxylic acids is 1. The lowest BCUT2D eigenvalue weighted by Gasteiger charge is -2.69. The molecule has 0 radical (unpaired) electrons. The van der Waals surface area contributed by atoms with E-state index in [0.717, 1.165) is 11.1 Å². The Labute approximate surface area is 174 Å². The summed E-state index contributed by atoms with van der Waals surface area (Å²) in [4.78, 5) is 12.6. The van der Waals surface area contributed by atoms with Crippen molar-refractivity contribution in [3.63, 3.8) is 0 Å². The number of hydrogen-bond acceptors (Lipinski definition) is 4. The van der Waals surface area contributed by atoms with Crippen LogP contribution in [0.2, 0.25) is 5.02 Å². The predicted molar refractivity (Wildman–Crippen MR) is 108 cm³/mol. The first-order valence-electron chi connectivity index (χ1n) is 9.67. The summed E-state index contributed by atoms with van der Waals surface area (Å²) in [5, 5.41) is 16.4. The summed E-state index contributed by atoms with van der Waals surface area (Å²) in [7, 11) is 0. The van der Waals surface area contributed by atoms with E-state index >= 15 is 0 Å². The van der Waals surface area contributed by atoms with Gasteiger partial charge in [0.25, 0.3) is 0 Å². The van der Waals surface area contributed by atoms with Crippen LogP contribution in [-0.4, -0.2) is 29.4 Å². The van der Waals surface area contributed by atoms with Gasteiger partial charge in [0.1, 0.15) is 24.4 Å². The van der Waals surface area contributed by atoms with Gasteiger partial charge in [-0.15, -0.1) is 0 Å². The molecule has 0 heterocycles. The number of halogens is 2. The van der Waals surface area contributed by atoms with Crippen molar-refractivity contribution in [3.05, 3.63) is 64.4 Å². The molecule has 0 spiro atoms. The summed E-state index contributed by atoms with van der Waals surface area (Å²) in [6.07, 6.45) is 1.20. The first kappa shape index (κ1) is 20.1. The molecule has 2 aromatic carbocycles. The number of rotatable bonds is 8. The Balaban J connectivity index is 1.21. The fourth-order valence-electron chi connectivity index (χ4n) is 4.49. The van der Waals surface area contributed by atoms with Crippen molar-refractivity contribution in [1.82, 2.24) is 10.6 Å². The van der Waals surface area contributed by atoms with Crippen LogP contribution in [0.3, 0.4) is 0 Å². The maximum absolute atomic E-state index is 13.4. The average molecular weight is 419 g/mol. The van der Waals surface area contributed by atoms with Crippen LogP contribution in [0.25, 0.3) is 0 Å². The highest BCUT2D eigenvalue weighted by Gasteiger charge is 2.71. The van der Waals surface area contributed by atoms with Gasteiger partial charge in [0.2, 0.25) is 5.91 Å². The molecule has 3 saturated carbocycles. The highest BCUT2D eigenvalue weighted by molar-refractivity contribution is 6.30. The van der Waals surface area contributed by atoms with Gasteiger partial charge in [0.15, 0.2) is 0 Å². The second-order valence-corrected chi connectivity index (χ2v) is 8.65. The molecule has 7 heteroatoms. The van der Waals surface area contributed by atoms with Crippen molar-refractivity contribution in [2.45, 2.75) is 44.5 Å². The van der Waals surface area contributed by atoms with Gasteiger partial charge in [-0.25, -0.2) is 4.39 Å². The fraction of sp³-hybridized carbons (Fsp3) is 0.409. The van der Waals surface area contributed by atoms with Gasteiger partial charge >= 0.3 is 0 Å². The van der Waals surface area contributed by atoms with Crippen LogP contribution in [0.5, 0.6) is 5.75 Å². The third kappa shape index (κ3) is 3.97. The van der Waals surface area contributed by atoms with Crippen molar-refractivity contribution in [1.29, 1.82) is 0 Å². The lowest BCUT2D eigenvalue weighted by Crippen LogP contribution is -2.79. The highest BCUT2D eigenvalue weighted by Crippen LogP contribution is 2.67. The molecule has 154 valence electrons. The zero-order chi connectivity index (χ0) is 20.6. The molecule has 1 unspecified atom stereocenters. The second-order valence-electron chi connectivity index (χ2n) is 8.25. The average Bonchev–Trinajstić information content (AvgIpc) is 2.63. The number of nitrogens with one attached hydrogen (secondary N) is 2. The van der Waals surface area contributed by atoms with E-state index in [2.05, 4.69) is 10.6 Å². The molecule has 1 atom stereocenters. The van der Waals surface area contributed by atoms with Crippen molar-refractivity contribution in [2.75, 3.05) is 6.61 Å². The predicted octanol–water partition coefficient (Wildman–Crippen LogP) is 3.31. The Morgan fingerprint density at radius 2 is 2.00 bits per heavy atom. The molecule has 0 saturated heterocycles. The SMILES string of the molecule is Cc1ccccc1CNC(=O)C12CC(NC(O)COc3ccc(Cl)c(F)c3)(C1)C2. The molecule has 5 nitrogen and oxygen atoms in total. The fourth-order valence-corrected chi connectivity index (χ4v) is 4.61. The second kappa shape index (κ2) is 7.59. The number of ether oxygens (including phenoxy) is 1. The topological polar surface area (TPSA) is 70.6 Å². The van der Waals surface area contributed by atoms with E-state index in [-0.39, 0.29) is 28.5 Å². The van der Waals surface area contributed by atoms with Crippen LogP contribution in [0.1, 0.15) is 30.4 Å². The largest absolute Gasteiger partial charge is 0.489 e. The van der Waals surface area contributed by atoms with E-state index in [0.29, 0.717) is 31.6 Å². The van der Waals surface area contributed by atoms with E-state index in [9.17, 15) is 14.3 Å². The smallest absolute Gasteiger partial charge is 0.226 e. The van der Waals surface area contributed by atoms with Gasteiger partial charge < -0.3 is 15.2 Å². The van der Waals surface area contributed by atoms with E-state index in [1.165, 1.54) is 12.1 Å². The zero-order valence-electron chi connectivity index (χ0n) is 16.2. The molecule has 5 rings (SSSR count). The van der Waals surface area contributed by atoms with Crippen molar-refractivity contribution < 1.29 is 19.0 Å². The lowest BCUT2D eigenvalue weighted by molar-refractivity contribution is -0.190. The van der Waals surface area contributed by atoms with Crippen LogP contribution in [0, 0.1) is 18.2 Å². The Hall–Kier alpha value is -2.15. The first-order chi connectivity index (χ1) is 13.8. The molecular formula is C22H24ClFN2O3. The normalized spacial score (nSPS) is 25.5. The molecule has 0 aliphatic heterocycles. The molecule has 2 bridgehead atoms. The van der Waals surface area contributed by atoms with E-state index in [1.54, 1.807) is 6.07 Å². The Morgan fingerprint density at radius 1 is 1.28 bits per heavy atom. The maximum atomic E-state index is 13.4. The number of benzene rings is 2. The molecule has 3 fully saturated rings. The minimum Gasteiger partial charge on any atom is -0.489 e. The minimum atomic E-state index is -0.901. The number of hydrogen-bond donors (Lipinski definition) is 3. The number of carbonyl (C=O) groups is 1. The minimum absolute atomic E-state index is 0.0185. The molecule has 3 aliphatic rings. The van der Waals surface area contributed by atoms with Crippen molar-refractivity contribution in [3.8, 4) is 5.75 Å². The molecule has 1 amide bonds. The molecular weight excluding hydrogens is 395 g/mol. The van der Waals surface area contributed by atoms with Gasteiger partial charge in [0.05, 0.1) is 10.4 Å². The number of aliphatic hydroxyl groups excluding tert-OH is 1. The molecule has 0 aromatic heterocycles. The van der Waals surface area contributed by atoms with E-state index < -0.39 is 12.0 Å². The standard InChI is InChI=1S/C22H24ClFN2O3/c1-14-4-2-3-5-15(14)9-25-20(28)21-11-22(12-21,13-21)26-19(27)10-29-16-6-7-17(23)18(24)8-16/h2-8,19,26-27H,9-13H2,1H3,(H,25,28). The van der Waals surface area contributed by atoms with Crippen molar-refractivity contribution in [2.24, 2.45) is 5.41 Å². The monoisotopic (exact) mass is 418 g/mol. The van der Waals surface area contributed by atoms with Gasteiger partial charge in [-0.3, -0.25) is 10.1 Å². The van der Waals surface area contributed by atoms with Crippen LogP contribution < -0.4 is 15.4 Å². The van der Waals surface area contributed by atoms with Gasteiger partial charge in [-0.05, 0) is 49.4 Å². The molecule has 3 N–H and O–H groups in total. The quantitative estimate of drug-likeness (QED) is 0.575. The summed E-state index contributed by atoms with van der Waals surface area (Å²) in [5.41, 5.74) is 1.74. The summed E-state index contributed by atoms with van der Waals surface area (Å²) in [6, 6.07) is 12.1. The summed E-state index contributed by atoms with van der Waals surface area (Å²) in [6.45, 7) is 2.54. The molecule has 29 heavy (non-hydrogen) atoms. The van der Waals surface area contributed by atoms with Crippen LogP contribution in [-0.2, 0) is 11.3 Å².